The van der Waals surface area contributed by atoms with Crippen LogP contribution in [0.4, 0.5) is 18.9 Å². The van der Waals surface area contributed by atoms with Crippen molar-refractivity contribution >= 4 is 28.3 Å². The van der Waals surface area contributed by atoms with E-state index in [4.69, 9.17) is 11.6 Å². The molecule has 0 radical (unpaired) electrons. The highest BCUT2D eigenvalue weighted by Crippen LogP contribution is 2.17. The fraction of sp³-hybridized carbons (Fsp3) is 0.231. The van der Waals surface area contributed by atoms with Crippen LogP contribution in [0.3, 0.4) is 0 Å². The molecule has 0 aliphatic carbocycles. The van der Waals surface area contributed by atoms with E-state index < -0.39 is 17.2 Å². The van der Waals surface area contributed by atoms with E-state index in [0.29, 0.717) is 17.3 Å². The summed E-state index contributed by atoms with van der Waals surface area (Å²) in [7, 11) is 0. The van der Waals surface area contributed by atoms with Gasteiger partial charge in [0.15, 0.2) is 0 Å². The van der Waals surface area contributed by atoms with Crippen LogP contribution in [0, 0.1) is 0 Å². The molecule has 0 atom stereocenters. The molecule has 1 rings (SSSR count). The van der Waals surface area contributed by atoms with E-state index in [1.807, 2.05) is 0 Å². The van der Waals surface area contributed by atoms with Crippen molar-refractivity contribution in [3.63, 3.8) is 0 Å². The van der Waals surface area contributed by atoms with Gasteiger partial charge in [0, 0.05) is 18.7 Å². The molecule has 0 amide bonds. The van der Waals surface area contributed by atoms with E-state index in [2.05, 4.69) is 5.32 Å². The van der Waals surface area contributed by atoms with Crippen LogP contribution in [-0.4, -0.2) is 23.7 Å². The predicted molar refractivity (Wildman–Crippen MR) is 69.7 cm³/mol. The van der Waals surface area contributed by atoms with Gasteiger partial charge in [-0.3, -0.25) is 9.59 Å². The third-order valence-corrected chi connectivity index (χ3v) is 2.44. The van der Waals surface area contributed by atoms with Crippen LogP contribution in [0.25, 0.3) is 0 Å². The number of anilines is 1. The van der Waals surface area contributed by atoms with Crippen molar-refractivity contribution in [2.45, 2.75) is 12.6 Å². The van der Waals surface area contributed by atoms with Gasteiger partial charge < -0.3 is 5.32 Å². The third-order valence-electron chi connectivity index (χ3n) is 2.31. The minimum Gasteiger partial charge on any atom is -0.381 e. The zero-order chi connectivity index (χ0) is 15.2. The number of hydrogen-bond donors (Lipinski definition) is 1. The van der Waals surface area contributed by atoms with Crippen molar-refractivity contribution in [1.82, 2.24) is 0 Å². The Morgan fingerprint density at radius 3 is 2.50 bits per heavy atom. The maximum absolute atomic E-state index is 11.9. The third kappa shape index (κ3) is 5.44. The monoisotopic (exact) mass is 305 g/mol. The summed E-state index contributed by atoms with van der Waals surface area (Å²) in [6, 6.07) is 6.75. The lowest BCUT2D eigenvalue weighted by Crippen LogP contribution is -2.20. The molecule has 1 aromatic carbocycles. The summed E-state index contributed by atoms with van der Waals surface area (Å²) in [5.41, 5.74) is 1.20. The number of carbonyl (C=O) groups is 2. The lowest BCUT2D eigenvalue weighted by Gasteiger charge is -2.08. The average Bonchev–Trinajstić information content (AvgIpc) is 2.34. The van der Waals surface area contributed by atoms with Gasteiger partial charge in [-0.25, -0.2) is 0 Å². The fourth-order valence-corrected chi connectivity index (χ4v) is 1.57. The molecular formula is C13H11ClF3NO2. The van der Waals surface area contributed by atoms with Crippen LogP contribution in [0.1, 0.15) is 5.56 Å². The van der Waals surface area contributed by atoms with E-state index in [1.54, 1.807) is 24.3 Å². The highest BCUT2D eigenvalue weighted by Gasteiger charge is 2.35. The quantitative estimate of drug-likeness (QED) is 0.649. The number of carbonyl (C=O) groups excluding carboxylic acids is 2. The van der Waals surface area contributed by atoms with E-state index in [-0.39, 0.29) is 13.0 Å². The summed E-state index contributed by atoms with van der Waals surface area (Å²) >= 11 is 5.29. The van der Waals surface area contributed by atoms with Crippen molar-refractivity contribution in [3.05, 3.63) is 42.0 Å². The Morgan fingerprint density at radius 1 is 1.25 bits per heavy atom. The maximum atomic E-state index is 11.9. The average molecular weight is 306 g/mol. The number of ketones is 1. The largest absolute Gasteiger partial charge is 0.454 e. The Bertz CT molecular complexity index is 527. The van der Waals surface area contributed by atoms with Crippen molar-refractivity contribution in [2.75, 3.05) is 11.9 Å². The number of benzene rings is 1. The summed E-state index contributed by atoms with van der Waals surface area (Å²) in [6.07, 6.45) is -3.33. The second-order valence-electron chi connectivity index (χ2n) is 3.83. The van der Waals surface area contributed by atoms with Crippen molar-refractivity contribution < 1.29 is 22.8 Å². The summed E-state index contributed by atoms with van der Waals surface area (Å²) in [5.74, 6) is -1.91. The highest BCUT2D eigenvalue weighted by molar-refractivity contribution is 6.63. The zero-order valence-corrected chi connectivity index (χ0v) is 11.0. The number of rotatable bonds is 6. The Morgan fingerprint density at radius 2 is 1.90 bits per heavy atom. The van der Waals surface area contributed by atoms with Gasteiger partial charge in [-0.15, -0.1) is 0 Å². The number of para-hydroxylation sites is 1. The zero-order valence-electron chi connectivity index (χ0n) is 10.2. The second kappa shape index (κ2) is 7.09. The van der Waals surface area contributed by atoms with Crippen LogP contribution in [-0.2, 0) is 16.0 Å². The molecule has 108 valence electrons. The molecule has 0 unspecified atom stereocenters. The Hall–Kier alpha value is -1.82. The molecule has 0 aliphatic rings. The molecule has 0 fully saturated rings. The Kier molecular flexibility index (Phi) is 5.76. The first-order valence-electron chi connectivity index (χ1n) is 5.58. The molecule has 0 spiro atoms. The summed E-state index contributed by atoms with van der Waals surface area (Å²) < 4.78 is 35.8. The van der Waals surface area contributed by atoms with Crippen molar-refractivity contribution in [3.8, 4) is 0 Å². The van der Waals surface area contributed by atoms with Gasteiger partial charge in [-0.1, -0.05) is 24.3 Å². The topological polar surface area (TPSA) is 46.2 Å². The maximum Gasteiger partial charge on any atom is 0.454 e. The molecule has 0 heterocycles. The van der Waals surface area contributed by atoms with Gasteiger partial charge in [0.05, 0.1) is 0 Å². The smallest absolute Gasteiger partial charge is 0.381 e. The SMILES string of the molecule is O=C(Cl)Cc1ccccc1NCC=CC(=O)C(F)(F)F. The van der Waals surface area contributed by atoms with E-state index >= 15 is 0 Å². The first-order chi connectivity index (χ1) is 9.30. The number of hydrogen-bond acceptors (Lipinski definition) is 3. The number of alkyl halides is 3. The summed E-state index contributed by atoms with van der Waals surface area (Å²) in [6.45, 7) is 0.0231. The normalized spacial score (nSPS) is 11.6. The number of allylic oxidation sites excluding steroid dienone is 1. The van der Waals surface area contributed by atoms with E-state index in [1.165, 1.54) is 0 Å². The van der Waals surface area contributed by atoms with Crippen LogP contribution < -0.4 is 5.32 Å². The van der Waals surface area contributed by atoms with E-state index in [0.717, 1.165) is 6.08 Å². The molecular weight excluding hydrogens is 295 g/mol. The highest BCUT2D eigenvalue weighted by atomic mass is 35.5. The summed E-state index contributed by atoms with van der Waals surface area (Å²) in [5, 5.41) is 2.27. The predicted octanol–water partition coefficient (Wildman–Crippen LogP) is 3.09. The fourth-order valence-electron chi connectivity index (χ4n) is 1.43. The lowest BCUT2D eigenvalue weighted by atomic mass is 10.1. The lowest BCUT2D eigenvalue weighted by molar-refractivity contribution is -0.165. The van der Waals surface area contributed by atoms with Crippen LogP contribution in [0.15, 0.2) is 36.4 Å². The molecule has 3 nitrogen and oxygen atoms in total. The van der Waals surface area contributed by atoms with Crippen molar-refractivity contribution in [1.29, 1.82) is 0 Å². The number of halogens is 4. The molecule has 0 saturated carbocycles. The molecule has 20 heavy (non-hydrogen) atoms. The Balaban J connectivity index is 2.60. The molecule has 0 saturated heterocycles. The molecule has 1 N–H and O–H groups in total. The molecule has 1 aromatic rings. The van der Waals surface area contributed by atoms with Gasteiger partial charge in [-0.05, 0) is 29.3 Å². The van der Waals surface area contributed by atoms with Gasteiger partial charge in [0.25, 0.3) is 5.78 Å². The van der Waals surface area contributed by atoms with Crippen LogP contribution in [0.5, 0.6) is 0 Å². The Labute approximate surface area is 118 Å². The summed E-state index contributed by atoms with van der Waals surface area (Å²) in [4.78, 5) is 21.4. The van der Waals surface area contributed by atoms with Gasteiger partial charge >= 0.3 is 6.18 Å². The molecule has 0 aromatic heterocycles. The molecule has 7 heteroatoms. The van der Waals surface area contributed by atoms with Gasteiger partial charge in [0.1, 0.15) is 0 Å². The first kappa shape index (κ1) is 16.2. The van der Waals surface area contributed by atoms with Crippen molar-refractivity contribution in [2.24, 2.45) is 0 Å². The minimum absolute atomic E-state index is 0.00985. The van der Waals surface area contributed by atoms with Crippen LogP contribution in [0.2, 0.25) is 0 Å². The van der Waals surface area contributed by atoms with Gasteiger partial charge in [0.2, 0.25) is 5.24 Å². The number of nitrogens with one attached hydrogen (secondary N) is 1. The second-order valence-corrected chi connectivity index (χ2v) is 4.26. The van der Waals surface area contributed by atoms with Crippen LogP contribution >= 0.6 is 11.6 Å². The first-order valence-corrected chi connectivity index (χ1v) is 5.96. The standard InChI is InChI=1S/C13H11ClF3NO2/c14-12(20)8-9-4-1-2-5-10(9)18-7-3-6-11(19)13(15,16)17/h1-6,18H,7-8H2. The van der Waals surface area contributed by atoms with E-state index in [9.17, 15) is 22.8 Å². The molecule has 0 bridgehead atoms. The van der Waals surface area contributed by atoms with Gasteiger partial charge in [-0.2, -0.15) is 13.2 Å². The molecule has 0 aliphatic heterocycles. The minimum atomic E-state index is -4.86.